The van der Waals surface area contributed by atoms with E-state index in [0.717, 1.165) is 38.2 Å². The molecule has 1 aliphatic rings. The van der Waals surface area contributed by atoms with Gasteiger partial charge in [-0.25, -0.2) is 0 Å². The molecule has 0 N–H and O–H groups in total. The second-order valence-electron chi connectivity index (χ2n) is 4.81. The fourth-order valence-corrected chi connectivity index (χ4v) is 2.43. The van der Waals surface area contributed by atoms with Crippen LogP contribution in [-0.2, 0) is 23.1 Å². The zero-order valence-corrected chi connectivity index (χ0v) is 11.1. The molecule has 0 radical (unpaired) electrons. The van der Waals surface area contributed by atoms with Crippen molar-refractivity contribution in [2.24, 2.45) is 13.0 Å². The number of ether oxygens (including phenoxy) is 1. The summed E-state index contributed by atoms with van der Waals surface area (Å²) in [5.41, 5.74) is 1.06. The molecule has 18 heavy (non-hydrogen) atoms. The van der Waals surface area contributed by atoms with E-state index in [1.54, 1.807) is 0 Å². The summed E-state index contributed by atoms with van der Waals surface area (Å²) in [4.78, 5) is 14.0. The molecule has 1 fully saturated rings. The van der Waals surface area contributed by atoms with E-state index < -0.39 is 0 Å². The third-order valence-electron chi connectivity index (χ3n) is 3.28. The smallest absolute Gasteiger partial charge is 0.310 e. The first kappa shape index (κ1) is 13.1. The molecule has 1 aromatic rings. The summed E-state index contributed by atoms with van der Waals surface area (Å²) in [6, 6.07) is 2.02. The highest BCUT2D eigenvalue weighted by molar-refractivity contribution is 5.72. The first-order valence-corrected chi connectivity index (χ1v) is 6.56. The average Bonchev–Trinajstić information content (AvgIpc) is 2.75. The minimum absolute atomic E-state index is 0.0300. The van der Waals surface area contributed by atoms with E-state index in [1.165, 1.54) is 0 Å². The fourth-order valence-electron chi connectivity index (χ4n) is 2.43. The maximum atomic E-state index is 11.7. The van der Waals surface area contributed by atoms with Crippen molar-refractivity contribution in [3.63, 3.8) is 0 Å². The van der Waals surface area contributed by atoms with Crippen LogP contribution in [0.5, 0.6) is 0 Å². The predicted molar refractivity (Wildman–Crippen MR) is 67.8 cm³/mol. The Morgan fingerprint density at radius 3 is 3.11 bits per heavy atom. The Morgan fingerprint density at radius 2 is 2.44 bits per heavy atom. The molecule has 5 nitrogen and oxygen atoms in total. The van der Waals surface area contributed by atoms with Gasteiger partial charge in [-0.1, -0.05) is 0 Å². The highest BCUT2D eigenvalue weighted by atomic mass is 16.5. The zero-order valence-electron chi connectivity index (χ0n) is 11.1. The van der Waals surface area contributed by atoms with Gasteiger partial charge in [-0.2, -0.15) is 5.10 Å². The number of carbonyl (C=O) groups is 1. The van der Waals surface area contributed by atoms with Crippen LogP contribution in [0.15, 0.2) is 12.3 Å². The van der Waals surface area contributed by atoms with E-state index in [2.05, 4.69) is 10.00 Å². The molecule has 0 amide bonds. The Morgan fingerprint density at radius 1 is 1.61 bits per heavy atom. The first-order chi connectivity index (χ1) is 8.69. The van der Waals surface area contributed by atoms with Crippen molar-refractivity contribution in [2.45, 2.75) is 26.3 Å². The van der Waals surface area contributed by atoms with Gasteiger partial charge in [0, 0.05) is 26.3 Å². The molecule has 0 saturated carbocycles. The lowest BCUT2D eigenvalue weighted by molar-refractivity contribution is -0.150. The highest BCUT2D eigenvalue weighted by Crippen LogP contribution is 2.19. The maximum absolute atomic E-state index is 11.7. The standard InChI is InChI=1S/C13H21N3O2/c1-3-18-13(17)11-5-4-7-16(9-11)10-12-6-8-15(2)14-12/h6,8,11H,3-5,7,9-10H2,1-2H3/t11-/m0/s1. The van der Waals surface area contributed by atoms with Gasteiger partial charge in [-0.05, 0) is 32.4 Å². The summed E-state index contributed by atoms with van der Waals surface area (Å²) in [5.74, 6) is -0.0226. The van der Waals surface area contributed by atoms with Crippen LogP contribution in [-0.4, -0.2) is 40.3 Å². The van der Waals surface area contributed by atoms with Gasteiger partial charge in [0.1, 0.15) is 0 Å². The normalized spacial score (nSPS) is 20.9. The molecular formula is C13H21N3O2. The summed E-state index contributed by atoms with van der Waals surface area (Å²) in [6.45, 7) is 4.96. The Labute approximate surface area is 108 Å². The number of aromatic nitrogens is 2. The summed E-state index contributed by atoms with van der Waals surface area (Å²) in [7, 11) is 1.92. The van der Waals surface area contributed by atoms with Crippen molar-refractivity contribution in [1.82, 2.24) is 14.7 Å². The van der Waals surface area contributed by atoms with Gasteiger partial charge in [-0.15, -0.1) is 0 Å². The molecular weight excluding hydrogens is 230 g/mol. The number of likely N-dealkylation sites (tertiary alicyclic amines) is 1. The largest absolute Gasteiger partial charge is 0.466 e. The Hall–Kier alpha value is -1.36. The van der Waals surface area contributed by atoms with Crippen LogP contribution in [0.2, 0.25) is 0 Å². The molecule has 0 unspecified atom stereocenters. The van der Waals surface area contributed by atoms with Crippen LogP contribution < -0.4 is 0 Å². The van der Waals surface area contributed by atoms with E-state index in [1.807, 2.05) is 30.9 Å². The molecule has 1 aromatic heterocycles. The number of rotatable bonds is 4. The number of hydrogen-bond donors (Lipinski definition) is 0. The van der Waals surface area contributed by atoms with Crippen molar-refractivity contribution in [3.8, 4) is 0 Å². The number of esters is 1. The van der Waals surface area contributed by atoms with Crippen LogP contribution in [0.1, 0.15) is 25.5 Å². The lowest BCUT2D eigenvalue weighted by Crippen LogP contribution is -2.39. The van der Waals surface area contributed by atoms with E-state index in [-0.39, 0.29) is 11.9 Å². The van der Waals surface area contributed by atoms with Crippen molar-refractivity contribution >= 4 is 5.97 Å². The summed E-state index contributed by atoms with van der Waals surface area (Å²) < 4.78 is 6.91. The SMILES string of the molecule is CCOC(=O)[C@H]1CCCN(Cc2ccn(C)n2)C1. The second-order valence-corrected chi connectivity index (χ2v) is 4.81. The molecule has 0 aliphatic carbocycles. The number of hydrogen-bond acceptors (Lipinski definition) is 4. The van der Waals surface area contributed by atoms with Gasteiger partial charge in [0.15, 0.2) is 0 Å². The third-order valence-corrected chi connectivity index (χ3v) is 3.28. The maximum Gasteiger partial charge on any atom is 0.310 e. The monoisotopic (exact) mass is 251 g/mol. The molecule has 1 aliphatic heterocycles. The minimum atomic E-state index is -0.0526. The van der Waals surface area contributed by atoms with Gasteiger partial charge >= 0.3 is 5.97 Å². The second kappa shape index (κ2) is 6.00. The fraction of sp³-hybridized carbons (Fsp3) is 0.692. The number of carbonyl (C=O) groups excluding carboxylic acids is 1. The lowest BCUT2D eigenvalue weighted by Gasteiger charge is -2.30. The molecule has 0 bridgehead atoms. The van der Waals surface area contributed by atoms with Crippen molar-refractivity contribution in [3.05, 3.63) is 18.0 Å². The number of piperidine rings is 1. The van der Waals surface area contributed by atoms with Crippen molar-refractivity contribution < 1.29 is 9.53 Å². The number of nitrogens with zero attached hydrogens (tertiary/aromatic N) is 3. The third kappa shape index (κ3) is 3.32. The molecule has 2 heterocycles. The lowest BCUT2D eigenvalue weighted by atomic mass is 9.98. The van der Waals surface area contributed by atoms with E-state index in [9.17, 15) is 4.79 Å². The number of aryl methyl sites for hydroxylation is 1. The molecule has 1 atom stereocenters. The van der Waals surface area contributed by atoms with E-state index in [0.29, 0.717) is 6.61 Å². The molecule has 1 saturated heterocycles. The van der Waals surface area contributed by atoms with Gasteiger partial charge in [0.05, 0.1) is 18.2 Å². The van der Waals surface area contributed by atoms with Crippen molar-refractivity contribution in [2.75, 3.05) is 19.7 Å². The first-order valence-electron chi connectivity index (χ1n) is 6.56. The molecule has 100 valence electrons. The Balaban J connectivity index is 1.88. The Kier molecular flexibility index (Phi) is 4.36. The summed E-state index contributed by atoms with van der Waals surface area (Å²) >= 11 is 0. The van der Waals surface area contributed by atoms with Gasteiger partial charge < -0.3 is 4.74 Å². The van der Waals surface area contributed by atoms with E-state index in [4.69, 9.17) is 4.74 Å². The molecule has 2 rings (SSSR count). The van der Waals surface area contributed by atoms with Crippen LogP contribution >= 0.6 is 0 Å². The van der Waals surface area contributed by atoms with Crippen LogP contribution in [0.4, 0.5) is 0 Å². The summed E-state index contributed by atoms with van der Waals surface area (Å²) in [5, 5.41) is 4.37. The van der Waals surface area contributed by atoms with Crippen molar-refractivity contribution in [1.29, 1.82) is 0 Å². The zero-order chi connectivity index (χ0) is 13.0. The highest BCUT2D eigenvalue weighted by Gasteiger charge is 2.26. The van der Waals surface area contributed by atoms with Crippen LogP contribution in [0, 0.1) is 5.92 Å². The quantitative estimate of drug-likeness (QED) is 0.754. The molecule has 0 spiro atoms. The Bertz CT molecular complexity index is 403. The summed E-state index contributed by atoms with van der Waals surface area (Å²) in [6.07, 6.45) is 3.94. The molecule has 0 aromatic carbocycles. The van der Waals surface area contributed by atoms with Gasteiger partial charge in [0.25, 0.3) is 0 Å². The van der Waals surface area contributed by atoms with Gasteiger partial charge in [0.2, 0.25) is 0 Å². The average molecular weight is 251 g/mol. The predicted octanol–water partition coefficient (Wildman–Crippen LogP) is 1.20. The van der Waals surface area contributed by atoms with Crippen LogP contribution in [0.3, 0.4) is 0 Å². The van der Waals surface area contributed by atoms with Gasteiger partial charge in [-0.3, -0.25) is 14.4 Å². The molecule has 5 heteroatoms. The topological polar surface area (TPSA) is 47.4 Å². The van der Waals surface area contributed by atoms with E-state index >= 15 is 0 Å². The minimum Gasteiger partial charge on any atom is -0.466 e. The van der Waals surface area contributed by atoms with Crippen LogP contribution in [0.25, 0.3) is 0 Å².